The lowest BCUT2D eigenvalue weighted by molar-refractivity contribution is 0.524. The maximum Gasteiger partial charge on any atom is 0.0708 e. The molecule has 0 amide bonds. The summed E-state index contributed by atoms with van der Waals surface area (Å²) in [6.45, 7) is 5.57. The highest BCUT2D eigenvalue weighted by Gasteiger charge is 2.21. The number of nitrogens with one attached hydrogen (secondary N) is 1. The molecule has 2 aromatic rings. The zero-order valence-corrected chi connectivity index (χ0v) is 14.5. The van der Waals surface area contributed by atoms with Gasteiger partial charge >= 0.3 is 0 Å². The second-order valence-corrected chi connectivity index (χ2v) is 7.66. The van der Waals surface area contributed by atoms with E-state index >= 15 is 0 Å². The molecule has 2 aliphatic rings. The number of rotatable bonds is 4. The molecule has 4 rings (SSSR count). The summed E-state index contributed by atoms with van der Waals surface area (Å²) in [5, 5.41) is 5.23. The van der Waals surface area contributed by atoms with Crippen LogP contribution in [-0.4, -0.2) is 11.0 Å². The summed E-state index contributed by atoms with van der Waals surface area (Å²) in [4.78, 5) is 4.97. The summed E-state index contributed by atoms with van der Waals surface area (Å²) >= 11 is 0. The van der Waals surface area contributed by atoms with Gasteiger partial charge in [-0.2, -0.15) is 0 Å². The first kappa shape index (κ1) is 15.1. The van der Waals surface area contributed by atoms with E-state index in [-0.39, 0.29) is 0 Å². The summed E-state index contributed by atoms with van der Waals surface area (Å²) in [5.74, 6) is 0.572. The molecule has 1 fully saturated rings. The summed E-state index contributed by atoms with van der Waals surface area (Å²) in [6.07, 6.45) is 9.13. The topological polar surface area (TPSA) is 24.9 Å². The van der Waals surface area contributed by atoms with E-state index in [1.165, 1.54) is 66.2 Å². The Hall–Kier alpha value is -1.41. The van der Waals surface area contributed by atoms with E-state index in [1.807, 2.05) is 0 Å². The van der Waals surface area contributed by atoms with Gasteiger partial charge in [-0.25, -0.2) is 0 Å². The van der Waals surface area contributed by atoms with Crippen molar-refractivity contribution < 1.29 is 0 Å². The van der Waals surface area contributed by atoms with E-state index in [4.69, 9.17) is 4.98 Å². The van der Waals surface area contributed by atoms with Crippen molar-refractivity contribution in [3.63, 3.8) is 0 Å². The van der Waals surface area contributed by atoms with Crippen LogP contribution in [-0.2, 0) is 19.4 Å². The molecular weight excluding hydrogens is 280 g/mol. The number of pyridine rings is 1. The van der Waals surface area contributed by atoms with Crippen molar-refractivity contribution in [1.29, 1.82) is 0 Å². The largest absolute Gasteiger partial charge is 0.310 e. The number of aromatic nitrogens is 1. The van der Waals surface area contributed by atoms with Crippen molar-refractivity contribution in [3.05, 3.63) is 40.6 Å². The quantitative estimate of drug-likeness (QED) is 0.871. The van der Waals surface area contributed by atoms with E-state index in [1.54, 1.807) is 5.56 Å². The van der Waals surface area contributed by atoms with Crippen LogP contribution in [0.15, 0.2) is 18.2 Å². The first-order chi connectivity index (χ1) is 11.2. The van der Waals surface area contributed by atoms with Crippen molar-refractivity contribution in [2.75, 3.05) is 0 Å². The Balaban J connectivity index is 1.76. The third-order valence-corrected chi connectivity index (χ3v) is 5.74. The van der Waals surface area contributed by atoms with Gasteiger partial charge in [-0.15, -0.1) is 0 Å². The number of benzene rings is 1. The van der Waals surface area contributed by atoms with E-state index in [0.717, 1.165) is 19.0 Å². The Morgan fingerprint density at radius 3 is 2.74 bits per heavy atom. The molecule has 1 aromatic heterocycles. The predicted molar refractivity (Wildman–Crippen MR) is 97.0 cm³/mol. The molecule has 0 unspecified atom stereocenters. The number of aryl methyl sites for hydroxylation is 1. The minimum Gasteiger partial charge on any atom is -0.310 e. The summed E-state index contributed by atoms with van der Waals surface area (Å²) in [7, 11) is 0. The SMILES string of the molecule is CC(C)c1ccc2nc3c(c(CNC4CCCC4)c2c1)CCC3. The van der Waals surface area contributed by atoms with Crippen LogP contribution in [0.3, 0.4) is 0 Å². The molecule has 2 heteroatoms. The molecule has 1 saturated carbocycles. The van der Waals surface area contributed by atoms with Gasteiger partial charge < -0.3 is 5.32 Å². The van der Waals surface area contributed by atoms with Crippen molar-refractivity contribution in [2.24, 2.45) is 0 Å². The molecule has 0 aliphatic heterocycles. The third-order valence-electron chi connectivity index (χ3n) is 5.74. The summed E-state index contributed by atoms with van der Waals surface area (Å²) in [6, 6.07) is 7.62. The lowest BCUT2D eigenvalue weighted by atomic mass is 9.95. The molecule has 0 radical (unpaired) electrons. The number of nitrogens with zero attached hydrogens (tertiary/aromatic N) is 1. The molecule has 1 heterocycles. The monoisotopic (exact) mass is 308 g/mol. The highest BCUT2D eigenvalue weighted by atomic mass is 14.9. The van der Waals surface area contributed by atoms with Gasteiger partial charge in [0, 0.05) is 23.7 Å². The maximum atomic E-state index is 4.97. The lowest BCUT2D eigenvalue weighted by Crippen LogP contribution is -2.26. The zero-order chi connectivity index (χ0) is 15.8. The van der Waals surface area contributed by atoms with Crippen LogP contribution in [0.5, 0.6) is 0 Å². The van der Waals surface area contributed by atoms with Crippen molar-refractivity contribution in [2.45, 2.75) is 77.3 Å². The first-order valence-electron chi connectivity index (χ1n) is 9.40. The van der Waals surface area contributed by atoms with Gasteiger partial charge in [0.25, 0.3) is 0 Å². The second kappa shape index (κ2) is 6.24. The highest BCUT2D eigenvalue weighted by molar-refractivity contribution is 5.85. The van der Waals surface area contributed by atoms with E-state index < -0.39 is 0 Å². The van der Waals surface area contributed by atoms with E-state index in [9.17, 15) is 0 Å². The molecule has 2 nitrogen and oxygen atoms in total. The van der Waals surface area contributed by atoms with Gasteiger partial charge in [0.1, 0.15) is 0 Å². The van der Waals surface area contributed by atoms with Gasteiger partial charge in [-0.3, -0.25) is 4.98 Å². The molecule has 0 spiro atoms. The fourth-order valence-corrected chi connectivity index (χ4v) is 4.31. The van der Waals surface area contributed by atoms with Crippen molar-refractivity contribution in [1.82, 2.24) is 10.3 Å². The molecular formula is C21H28N2. The van der Waals surface area contributed by atoms with E-state index in [2.05, 4.69) is 37.4 Å². The van der Waals surface area contributed by atoms with Crippen LogP contribution < -0.4 is 5.32 Å². The van der Waals surface area contributed by atoms with Crippen LogP contribution in [0.2, 0.25) is 0 Å². The Morgan fingerprint density at radius 2 is 1.96 bits per heavy atom. The predicted octanol–water partition coefficient (Wildman–Crippen LogP) is 4.88. The first-order valence-corrected chi connectivity index (χ1v) is 9.40. The Labute approximate surface area is 139 Å². The number of fused-ring (bicyclic) bond motifs is 2. The standard InChI is InChI=1S/C21H28N2/c1-14(2)15-10-11-21-18(12-15)19(13-22-16-6-3-4-7-16)17-8-5-9-20(17)23-21/h10-12,14,16,22H,3-9,13H2,1-2H3. The minimum absolute atomic E-state index is 0.572. The number of hydrogen-bond donors (Lipinski definition) is 1. The average molecular weight is 308 g/mol. The van der Waals surface area contributed by atoms with Crippen LogP contribution in [0, 0.1) is 0 Å². The van der Waals surface area contributed by atoms with Crippen LogP contribution >= 0.6 is 0 Å². The second-order valence-electron chi connectivity index (χ2n) is 7.66. The smallest absolute Gasteiger partial charge is 0.0708 e. The van der Waals surface area contributed by atoms with Gasteiger partial charge in [-0.05, 0) is 66.8 Å². The lowest BCUT2D eigenvalue weighted by Gasteiger charge is -2.18. The Morgan fingerprint density at radius 1 is 1.13 bits per heavy atom. The van der Waals surface area contributed by atoms with Crippen LogP contribution in [0.4, 0.5) is 0 Å². The van der Waals surface area contributed by atoms with E-state index in [0.29, 0.717) is 5.92 Å². The molecule has 2 aliphatic carbocycles. The Kier molecular flexibility index (Phi) is 4.11. The van der Waals surface area contributed by atoms with Crippen LogP contribution in [0.1, 0.15) is 74.3 Å². The number of hydrogen-bond acceptors (Lipinski definition) is 2. The van der Waals surface area contributed by atoms with Gasteiger partial charge in [-0.1, -0.05) is 32.8 Å². The van der Waals surface area contributed by atoms with Crippen LogP contribution in [0.25, 0.3) is 10.9 Å². The molecule has 122 valence electrons. The zero-order valence-electron chi connectivity index (χ0n) is 14.5. The maximum absolute atomic E-state index is 4.97. The van der Waals surface area contributed by atoms with Gasteiger partial charge in [0.05, 0.1) is 5.52 Å². The third kappa shape index (κ3) is 2.89. The van der Waals surface area contributed by atoms with Crippen molar-refractivity contribution >= 4 is 10.9 Å². The minimum atomic E-state index is 0.572. The van der Waals surface area contributed by atoms with Gasteiger partial charge in [0.2, 0.25) is 0 Å². The summed E-state index contributed by atoms with van der Waals surface area (Å²) in [5.41, 5.74) is 7.07. The Bertz CT molecular complexity index is 711. The molecule has 1 N–H and O–H groups in total. The average Bonchev–Trinajstić information content (AvgIpc) is 3.22. The molecule has 1 aromatic carbocycles. The van der Waals surface area contributed by atoms with Gasteiger partial charge in [0.15, 0.2) is 0 Å². The fourth-order valence-electron chi connectivity index (χ4n) is 4.31. The molecule has 23 heavy (non-hydrogen) atoms. The summed E-state index contributed by atoms with van der Waals surface area (Å²) < 4.78 is 0. The molecule has 0 saturated heterocycles. The van der Waals surface area contributed by atoms with Crippen molar-refractivity contribution in [3.8, 4) is 0 Å². The molecule has 0 bridgehead atoms. The fraction of sp³-hybridized carbons (Fsp3) is 0.571. The molecule has 0 atom stereocenters. The highest BCUT2D eigenvalue weighted by Crippen LogP contribution is 2.32. The normalized spacial score (nSPS) is 18.2.